The highest BCUT2D eigenvalue weighted by Gasteiger charge is 2.23. The molecule has 1 rings (SSSR count). The first-order chi connectivity index (χ1) is 7.13. The van der Waals surface area contributed by atoms with Gasteiger partial charge in [0.05, 0.1) is 18.0 Å². The van der Waals surface area contributed by atoms with Crippen molar-refractivity contribution in [2.45, 2.75) is 19.3 Å². The third-order valence-electron chi connectivity index (χ3n) is 2.60. The van der Waals surface area contributed by atoms with Gasteiger partial charge >= 0.3 is 0 Å². The van der Waals surface area contributed by atoms with Crippen molar-refractivity contribution in [1.82, 2.24) is 4.90 Å². The zero-order valence-electron chi connectivity index (χ0n) is 9.07. The molecule has 1 heterocycles. The average Bonchev–Trinajstić information content (AvgIpc) is 2.17. The van der Waals surface area contributed by atoms with Gasteiger partial charge in [-0.15, -0.1) is 0 Å². The zero-order valence-corrected chi connectivity index (χ0v) is 9.89. The van der Waals surface area contributed by atoms with Gasteiger partial charge in [-0.05, 0) is 18.8 Å². The van der Waals surface area contributed by atoms with Gasteiger partial charge in [-0.25, -0.2) is 0 Å². The zero-order chi connectivity index (χ0) is 11.3. The normalized spacial score (nSPS) is 21.4. The number of likely N-dealkylation sites (tertiary alicyclic amines) is 1. The van der Waals surface area contributed by atoms with Gasteiger partial charge in [-0.2, -0.15) is 0 Å². The average molecular weight is 230 g/mol. The molecule has 0 aromatic heterocycles. The van der Waals surface area contributed by atoms with Crippen LogP contribution in [0.5, 0.6) is 0 Å². The molecule has 1 saturated heterocycles. The number of rotatable bonds is 4. The van der Waals surface area contributed by atoms with Gasteiger partial charge < -0.3 is 15.4 Å². The number of nitrogens with two attached hydrogens (primary N) is 1. The van der Waals surface area contributed by atoms with Crippen LogP contribution in [0, 0.1) is 5.92 Å². The van der Waals surface area contributed by atoms with Crippen molar-refractivity contribution >= 4 is 23.1 Å². The third kappa shape index (κ3) is 4.13. The Morgan fingerprint density at radius 2 is 2.40 bits per heavy atom. The van der Waals surface area contributed by atoms with E-state index in [4.69, 9.17) is 22.7 Å². The van der Waals surface area contributed by atoms with Crippen LogP contribution in [0.15, 0.2) is 0 Å². The van der Waals surface area contributed by atoms with Crippen molar-refractivity contribution in [1.29, 1.82) is 0 Å². The predicted octanol–water partition coefficient (Wildman–Crippen LogP) is 0.548. The summed E-state index contributed by atoms with van der Waals surface area (Å²) in [4.78, 5) is 13.8. The van der Waals surface area contributed by atoms with Crippen molar-refractivity contribution in [2.24, 2.45) is 11.7 Å². The second kappa shape index (κ2) is 6.02. The molecule has 1 atom stereocenters. The maximum Gasteiger partial charge on any atom is 0.229 e. The molecular formula is C10H18N2O2S. The second-order valence-corrected chi connectivity index (χ2v) is 4.47. The number of amides is 1. The molecule has 86 valence electrons. The van der Waals surface area contributed by atoms with E-state index in [1.54, 1.807) is 7.11 Å². The molecule has 1 unspecified atom stereocenters. The summed E-state index contributed by atoms with van der Waals surface area (Å²) in [6.07, 6.45) is 2.36. The van der Waals surface area contributed by atoms with E-state index < -0.39 is 0 Å². The lowest BCUT2D eigenvalue weighted by Gasteiger charge is -2.32. The lowest BCUT2D eigenvalue weighted by atomic mass is 9.99. The van der Waals surface area contributed by atoms with Gasteiger partial charge in [0, 0.05) is 20.2 Å². The minimum absolute atomic E-state index is 0.0447. The number of hydrogen-bond acceptors (Lipinski definition) is 3. The predicted molar refractivity (Wildman–Crippen MR) is 62.6 cm³/mol. The minimum Gasteiger partial charge on any atom is -0.393 e. The highest BCUT2D eigenvalue weighted by Crippen LogP contribution is 2.17. The maximum atomic E-state index is 11.7. The first-order valence-electron chi connectivity index (χ1n) is 5.18. The minimum atomic E-state index is 0.0447. The molecule has 0 radical (unpaired) electrons. The quantitative estimate of drug-likeness (QED) is 0.717. The first kappa shape index (κ1) is 12.4. The Bertz CT molecular complexity index is 244. The molecule has 0 aromatic carbocycles. The second-order valence-electron chi connectivity index (χ2n) is 3.95. The van der Waals surface area contributed by atoms with Gasteiger partial charge in [0.15, 0.2) is 0 Å². The fraction of sp³-hybridized carbons (Fsp3) is 0.800. The molecule has 0 bridgehead atoms. The number of thiocarbonyl (C=S) groups is 1. The molecule has 0 aromatic rings. The summed E-state index contributed by atoms with van der Waals surface area (Å²) >= 11 is 4.73. The highest BCUT2D eigenvalue weighted by molar-refractivity contribution is 7.80. The number of nitrogens with zero attached hydrogens (tertiary/aromatic N) is 1. The van der Waals surface area contributed by atoms with Crippen LogP contribution in [-0.2, 0) is 9.53 Å². The molecule has 0 spiro atoms. The Hall–Kier alpha value is -0.680. The van der Waals surface area contributed by atoms with Crippen molar-refractivity contribution in [3.8, 4) is 0 Å². The molecule has 0 saturated carbocycles. The van der Waals surface area contributed by atoms with Crippen LogP contribution >= 0.6 is 12.2 Å². The number of ether oxygens (including phenoxy) is 1. The maximum absolute atomic E-state index is 11.7. The van der Waals surface area contributed by atoms with Crippen molar-refractivity contribution in [3.63, 3.8) is 0 Å². The summed E-state index contributed by atoms with van der Waals surface area (Å²) in [5.41, 5.74) is 5.35. The third-order valence-corrected chi connectivity index (χ3v) is 2.74. The lowest BCUT2D eigenvalue weighted by molar-refractivity contribution is -0.132. The van der Waals surface area contributed by atoms with Gasteiger partial charge in [-0.3, -0.25) is 4.79 Å². The number of carbonyl (C=O) groups excluding carboxylic acids is 1. The molecule has 5 heteroatoms. The van der Waals surface area contributed by atoms with E-state index in [-0.39, 0.29) is 17.3 Å². The van der Waals surface area contributed by atoms with Crippen LogP contribution in [0.3, 0.4) is 0 Å². The summed E-state index contributed by atoms with van der Waals surface area (Å²) in [7, 11) is 1.69. The molecule has 1 aliphatic rings. The molecule has 0 aliphatic carbocycles. The first-order valence-corrected chi connectivity index (χ1v) is 5.59. The van der Waals surface area contributed by atoms with E-state index in [1.807, 2.05) is 4.90 Å². The molecule has 1 aliphatic heterocycles. The van der Waals surface area contributed by atoms with Gasteiger partial charge in [0.1, 0.15) is 0 Å². The molecule has 15 heavy (non-hydrogen) atoms. The summed E-state index contributed by atoms with van der Waals surface area (Å²) in [5.74, 6) is 0.502. The largest absolute Gasteiger partial charge is 0.393 e. The van der Waals surface area contributed by atoms with E-state index in [0.29, 0.717) is 5.92 Å². The Balaban J connectivity index is 2.41. The van der Waals surface area contributed by atoms with Crippen LogP contribution in [0.2, 0.25) is 0 Å². The summed E-state index contributed by atoms with van der Waals surface area (Å²) in [6.45, 7) is 2.31. The van der Waals surface area contributed by atoms with Crippen molar-refractivity contribution in [3.05, 3.63) is 0 Å². The van der Waals surface area contributed by atoms with Crippen LogP contribution in [0.25, 0.3) is 0 Å². The summed E-state index contributed by atoms with van der Waals surface area (Å²) in [5, 5.41) is 0. The van der Waals surface area contributed by atoms with Gasteiger partial charge in [0.2, 0.25) is 5.91 Å². The van der Waals surface area contributed by atoms with Crippen LogP contribution < -0.4 is 5.73 Å². The van der Waals surface area contributed by atoms with Crippen LogP contribution in [0.4, 0.5) is 0 Å². The van der Waals surface area contributed by atoms with E-state index in [0.717, 1.165) is 32.5 Å². The fourth-order valence-electron chi connectivity index (χ4n) is 1.92. The van der Waals surface area contributed by atoms with E-state index in [2.05, 4.69) is 0 Å². The topological polar surface area (TPSA) is 55.6 Å². The van der Waals surface area contributed by atoms with E-state index in [9.17, 15) is 4.79 Å². The Morgan fingerprint density at radius 3 is 3.00 bits per heavy atom. The number of methoxy groups -OCH3 is 1. The van der Waals surface area contributed by atoms with E-state index >= 15 is 0 Å². The van der Waals surface area contributed by atoms with Crippen molar-refractivity contribution < 1.29 is 9.53 Å². The summed E-state index contributed by atoms with van der Waals surface area (Å²) in [6, 6.07) is 0. The monoisotopic (exact) mass is 230 g/mol. The number of carbonyl (C=O) groups is 1. The summed E-state index contributed by atoms with van der Waals surface area (Å²) < 4.78 is 5.10. The Kier molecular flexibility index (Phi) is 4.98. The number of piperidine rings is 1. The SMILES string of the molecule is COCC1CCCN(C(=O)CC(N)=S)C1. The molecule has 1 amide bonds. The number of hydrogen-bond donors (Lipinski definition) is 1. The fourth-order valence-corrected chi connectivity index (χ4v) is 2.05. The molecule has 2 N–H and O–H groups in total. The Labute approximate surface area is 95.8 Å². The molecule has 4 nitrogen and oxygen atoms in total. The van der Waals surface area contributed by atoms with Crippen LogP contribution in [-0.4, -0.2) is 42.6 Å². The van der Waals surface area contributed by atoms with Crippen LogP contribution in [0.1, 0.15) is 19.3 Å². The lowest BCUT2D eigenvalue weighted by Crippen LogP contribution is -2.42. The van der Waals surface area contributed by atoms with Gasteiger partial charge in [0.25, 0.3) is 0 Å². The highest BCUT2D eigenvalue weighted by atomic mass is 32.1. The molecular weight excluding hydrogens is 212 g/mol. The van der Waals surface area contributed by atoms with E-state index in [1.165, 1.54) is 0 Å². The smallest absolute Gasteiger partial charge is 0.229 e. The molecule has 1 fully saturated rings. The standard InChI is InChI=1S/C10H18N2O2S/c1-14-7-8-3-2-4-12(6-8)10(13)5-9(11)15/h8H,2-7H2,1H3,(H2,11,15). The Morgan fingerprint density at radius 1 is 1.67 bits per heavy atom. The van der Waals surface area contributed by atoms with Gasteiger partial charge in [-0.1, -0.05) is 12.2 Å². The van der Waals surface area contributed by atoms with Crippen molar-refractivity contribution in [2.75, 3.05) is 26.8 Å².